The summed E-state index contributed by atoms with van der Waals surface area (Å²) in [6.45, 7) is 1.76. The number of aliphatic carboxylic acids is 1. The molecule has 1 amide bonds. The van der Waals surface area contributed by atoms with Gasteiger partial charge in [0.2, 0.25) is 5.91 Å². The SMILES string of the molecule is Cc1c(NC(=O)[C@H]2[C@H]3CC[C@@H](C3)[C@@H]2C(=O)[O-])c(=O)n(-c2ccccc2)n1C. The van der Waals surface area contributed by atoms with E-state index in [0.29, 0.717) is 11.4 Å². The molecule has 0 radical (unpaired) electrons. The van der Waals surface area contributed by atoms with Crippen molar-refractivity contribution in [2.45, 2.75) is 26.2 Å². The molecule has 0 unspecified atom stereocenters. The first-order valence-corrected chi connectivity index (χ1v) is 9.26. The van der Waals surface area contributed by atoms with E-state index in [2.05, 4.69) is 5.32 Å². The lowest BCUT2D eigenvalue weighted by molar-refractivity contribution is -0.314. The Morgan fingerprint density at radius 1 is 1.11 bits per heavy atom. The van der Waals surface area contributed by atoms with E-state index in [1.807, 2.05) is 30.3 Å². The van der Waals surface area contributed by atoms with Gasteiger partial charge < -0.3 is 15.2 Å². The van der Waals surface area contributed by atoms with Crippen LogP contribution < -0.4 is 16.0 Å². The Morgan fingerprint density at radius 2 is 1.74 bits per heavy atom. The fourth-order valence-electron chi connectivity index (χ4n) is 4.93. The minimum absolute atomic E-state index is 0.00796. The second kappa shape index (κ2) is 6.40. The summed E-state index contributed by atoms with van der Waals surface area (Å²) >= 11 is 0. The highest BCUT2D eigenvalue weighted by Gasteiger charge is 2.51. The number of carboxylic acid groups (broad SMARTS) is 1. The van der Waals surface area contributed by atoms with Gasteiger partial charge in [-0.3, -0.25) is 14.3 Å². The van der Waals surface area contributed by atoms with Crippen LogP contribution in [-0.2, 0) is 16.6 Å². The second-order valence-electron chi connectivity index (χ2n) is 7.63. The average molecular weight is 368 g/mol. The monoisotopic (exact) mass is 368 g/mol. The van der Waals surface area contributed by atoms with Crippen LogP contribution in [0.4, 0.5) is 5.69 Å². The van der Waals surface area contributed by atoms with Crippen LogP contribution in [-0.4, -0.2) is 21.2 Å². The number of nitrogens with zero attached hydrogens (tertiary/aromatic N) is 2. The van der Waals surface area contributed by atoms with Crippen LogP contribution in [0.15, 0.2) is 35.1 Å². The Morgan fingerprint density at radius 3 is 2.37 bits per heavy atom. The molecular formula is C20H22N3O4-. The first kappa shape index (κ1) is 17.6. The molecule has 7 heteroatoms. The molecule has 2 saturated carbocycles. The lowest BCUT2D eigenvalue weighted by Crippen LogP contribution is -2.44. The largest absolute Gasteiger partial charge is 0.550 e. The third-order valence-electron chi connectivity index (χ3n) is 6.29. The van der Waals surface area contributed by atoms with Gasteiger partial charge in [0.05, 0.1) is 11.4 Å². The average Bonchev–Trinajstić information content (AvgIpc) is 3.32. The minimum Gasteiger partial charge on any atom is -0.550 e. The summed E-state index contributed by atoms with van der Waals surface area (Å²) in [6.07, 6.45) is 2.44. The summed E-state index contributed by atoms with van der Waals surface area (Å²) < 4.78 is 3.17. The van der Waals surface area contributed by atoms with Crippen molar-refractivity contribution in [2.24, 2.45) is 30.7 Å². The van der Waals surface area contributed by atoms with Crippen molar-refractivity contribution in [3.05, 3.63) is 46.4 Å². The zero-order chi connectivity index (χ0) is 19.3. The van der Waals surface area contributed by atoms with Gasteiger partial charge in [0.25, 0.3) is 5.56 Å². The number of hydrogen-bond donors (Lipinski definition) is 1. The van der Waals surface area contributed by atoms with E-state index in [4.69, 9.17) is 0 Å². The van der Waals surface area contributed by atoms with E-state index in [0.717, 1.165) is 19.3 Å². The minimum atomic E-state index is -1.16. The van der Waals surface area contributed by atoms with Crippen LogP contribution in [0.5, 0.6) is 0 Å². The molecule has 7 nitrogen and oxygen atoms in total. The number of carbonyl (C=O) groups is 2. The first-order chi connectivity index (χ1) is 12.9. The van der Waals surface area contributed by atoms with Crippen molar-refractivity contribution >= 4 is 17.6 Å². The summed E-state index contributed by atoms with van der Waals surface area (Å²) in [4.78, 5) is 37.4. The molecule has 4 atom stereocenters. The fraction of sp³-hybridized carbons (Fsp3) is 0.450. The van der Waals surface area contributed by atoms with E-state index in [1.165, 1.54) is 4.68 Å². The van der Waals surface area contributed by atoms with E-state index < -0.39 is 17.8 Å². The van der Waals surface area contributed by atoms with Crippen LogP contribution in [0.3, 0.4) is 0 Å². The zero-order valence-electron chi connectivity index (χ0n) is 15.3. The Balaban J connectivity index is 1.67. The van der Waals surface area contributed by atoms with Gasteiger partial charge in [0.15, 0.2) is 0 Å². The molecule has 1 aromatic carbocycles. The molecule has 4 rings (SSSR count). The van der Waals surface area contributed by atoms with Gasteiger partial charge in [0, 0.05) is 24.9 Å². The van der Waals surface area contributed by atoms with E-state index in [1.54, 1.807) is 18.7 Å². The molecule has 142 valence electrons. The van der Waals surface area contributed by atoms with Gasteiger partial charge in [0.1, 0.15) is 5.69 Å². The summed E-state index contributed by atoms with van der Waals surface area (Å²) in [6, 6.07) is 9.16. The predicted octanol–water partition coefficient (Wildman–Crippen LogP) is 0.835. The second-order valence-corrected chi connectivity index (χ2v) is 7.63. The van der Waals surface area contributed by atoms with Crippen molar-refractivity contribution in [2.75, 3.05) is 5.32 Å². The maximum Gasteiger partial charge on any atom is 0.295 e. The molecule has 0 saturated heterocycles. The van der Waals surface area contributed by atoms with Gasteiger partial charge in [-0.05, 0) is 50.2 Å². The quantitative estimate of drug-likeness (QED) is 0.865. The van der Waals surface area contributed by atoms with Crippen molar-refractivity contribution in [1.82, 2.24) is 9.36 Å². The van der Waals surface area contributed by atoms with Crippen LogP contribution in [0.1, 0.15) is 25.0 Å². The molecule has 2 fully saturated rings. The normalized spacial score (nSPS) is 26.3. The number of nitrogens with one attached hydrogen (secondary N) is 1. The molecule has 2 aliphatic carbocycles. The Labute approximate surface area is 156 Å². The van der Waals surface area contributed by atoms with E-state index >= 15 is 0 Å². The lowest BCUT2D eigenvalue weighted by atomic mass is 9.78. The predicted molar refractivity (Wildman–Crippen MR) is 97.2 cm³/mol. The maximum atomic E-state index is 12.9. The van der Waals surface area contributed by atoms with Crippen LogP contribution in [0, 0.1) is 30.6 Å². The summed E-state index contributed by atoms with van der Waals surface area (Å²) in [7, 11) is 1.75. The summed E-state index contributed by atoms with van der Waals surface area (Å²) in [5.74, 6) is -2.87. The van der Waals surface area contributed by atoms with Crippen LogP contribution >= 0.6 is 0 Å². The van der Waals surface area contributed by atoms with Gasteiger partial charge in [-0.25, -0.2) is 4.68 Å². The lowest BCUT2D eigenvalue weighted by Gasteiger charge is -2.30. The number of amides is 1. The molecule has 2 aliphatic rings. The first-order valence-electron chi connectivity index (χ1n) is 9.26. The van der Waals surface area contributed by atoms with Crippen molar-refractivity contribution in [3.8, 4) is 5.69 Å². The van der Waals surface area contributed by atoms with Crippen molar-refractivity contribution in [1.29, 1.82) is 0 Å². The third-order valence-corrected chi connectivity index (χ3v) is 6.29. The van der Waals surface area contributed by atoms with Crippen LogP contribution in [0.2, 0.25) is 0 Å². The van der Waals surface area contributed by atoms with E-state index in [-0.39, 0.29) is 29.0 Å². The molecule has 1 N–H and O–H groups in total. The Hall–Kier alpha value is -2.83. The third kappa shape index (κ3) is 2.69. The number of anilines is 1. The Kier molecular flexibility index (Phi) is 4.17. The van der Waals surface area contributed by atoms with Gasteiger partial charge >= 0.3 is 0 Å². The van der Waals surface area contributed by atoms with Gasteiger partial charge in [-0.15, -0.1) is 0 Å². The number of carboxylic acids is 1. The molecular weight excluding hydrogens is 346 g/mol. The number of para-hydroxylation sites is 1. The molecule has 0 spiro atoms. The fourth-order valence-corrected chi connectivity index (χ4v) is 4.93. The van der Waals surface area contributed by atoms with Crippen molar-refractivity contribution in [3.63, 3.8) is 0 Å². The topological polar surface area (TPSA) is 96.2 Å². The van der Waals surface area contributed by atoms with Gasteiger partial charge in [-0.2, -0.15) is 0 Å². The molecule has 0 aliphatic heterocycles. The number of fused-ring (bicyclic) bond motifs is 2. The number of aromatic nitrogens is 2. The highest BCUT2D eigenvalue weighted by atomic mass is 16.4. The molecule has 27 heavy (non-hydrogen) atoms. The standard InChI is InChI=1S/C20H23N3O4/c1-11-17(19(25)23(22(11)2)14-6-4-3-5-7-14)21-18(24)15-12-8-9-13(10-12)16(15)20(26)27/h3-7,12-13,15-16H,8-10H2,1-2H3,(H,21,24)(H,26,27)/p-1/t12-,13-,15-,16-/m0/s1. The van der Waals surface area contributed by atoms with Crippen LogP contribution in [0.25, 0.3) is 5.69 Å². The summed E-state index contributed by atoms with van der Waals surface area (Å²) in [5.41, 5.74) is 1.18. The smallest absolute Gasteiger partial charge is 0.295 e. The van der Waals surface area contributed by atoms with E-state index in [9.17, 15) is 19.5 Å². The maximum absolute atomic E-state index is 12.9. The number of carbonyl (C=O) groups excluding carboxylic acids is 2. The van der Waals surface area contributed by atoms with Crippen molar-refractivity contribution < 1.29 is 14.7 Å². The molecule has 1 aromatic heterocycles. The van der Waals surface area contributed by atoms with Gasteiger partial charge in [-0.1, -0.05) is 18.2 Å². The molecule has 2 bridgehead atoms. The molecule has 1 heterocycles. The molecule has 2 aromatic rings. The Bertz CT molecular complexity index is 960. The number of benzene rings is 1. The zero-order valence-corrected chi connectivity index (χ0v) is 15.3. The number of hydrogen-bond acceptors (Lipinski definition) is 4. The number of rotatable bonds is 4. The highest BCUT2D eigenvalue weighted by molar-refractivity contribution is 5.96. The highest BCUT2D eigenvalue weighted by Crippen LogP contribution is 2.52. The summed E-state index contributed by atoms with van der Waals surface area (Å²) in [5, 5.41) is 14.3.